The van der Waals surface area contributed by atoms with E-state index in [1.807, 2.05) is 39.1 Å². The zero-order valence-electron chi connectivity index (χ0n) is 27.1. The molecule has 3 fully saturated rings. The molecule has 2 heterocycles. The number of nitrogens with one attached hydrogen (secondary N) is 3. The van der Waals surface area contributed by atoms with Crippen molar-refractivity contribution < 1.29 is 36.6 Å². The highest BCUT2D eigenvalue weighted by atomic mass is 32.2. The summed E-state index contributed by atoms with van der Waals surface area (Å²) in [5, 5.41) is 7.98. The summed E-state index contributed by atoms with van der Waals surface area (Å²) in [7, 11) is -0.637. The van der Waals surface area contributed by atoms with E-state index in [-0.39, 0.29) is 22.5 Å². The minimum atomic E-state index is -3.81. The Kier molecular flexibility index (Phi) is 9.17. The highest BCUT2D eigenvalue weighted by molar-refractivity contribution is 7.91. The molecule has 1 aromatic heterocycles. The number of hydrogen-bond acceptors (Lipinski definition) is 10. The van der Waals surface area contributed by atoms with E-state index in [2.05, 4.69) is 21.9 Å². The number of aromatic nitrogens is 1. The first-order valence-electron chi connectivity index (χ1n) is 15.4. The monoisotopic (exact) mass is 679 g/mol. The maximum absolute atomic E-state index is 14.3. The average molecular weight is 680 g/mol. The number of carbonyl (C=O) groups is 3. The lowest BCUT2D eigenvalue weighted by Gasteiger charge is -2.35. The van der Waals surface area contributed by atoms with Gasteiger partial charge in [-0.15, -0.1) is 17.9 Å². The van der Waals surface area contributed by atoms with Crippen molar-refractivity contribution in [2.24, 2.45) is 17.3 Å². The number of ether oxygens (including phenoxy) is 2. The summed E-state index contributed by atoms with van der Waals surface area (Å²) in [6.45, 7) is 11.9. The first-order chi connectivity index (χ1) is 21.6. The molecule has 0 radical (unpaired) electrons. The fourth-order valence-corrected chi connectivity index (χ4v) is 8.08. The Hall–Kier alpha value is -3.65. The lowest BCUT2D eigenvalue weighted by atomic mass is 9.85. The number of methoxy groups -OCH3 is 2. The van der Waals surface area contributed by atoms with Gasteiger partial charge in [0.2, 0.25) is 21.8 Å². The van der Waals surface area contributed by atoms with Crippen molar-refractivity contribution in [3.63, 3.8) is 0 Å². The van der Waals surface area contributed by atoms with E-state index >= 15 is 0 Å². The van der Waals surface area contributed by atoms with Gasteiger partial charge in [0.05, 0.1) is 25.2 Å². The van der Waals surface area contributed by atoms with Gasteiger partial charge in [0.25, 0.3) is 5.91 Å². The second-order valence-corrected chi connectivity index (χ2v) is 16.4. The molecule has 1 aromatic carbocycles. The highest BCUT2D eigenvalue weighted by Crippen LogP contribution is 2.46. The van der Waals surface area contributed by atoms with E-state index in [9.17, 15) is 22.8 Å². The third kappa shape index (κ3) is 6.73. The van der Waals surface area contributed by atoms with Gasteiger partial charge in [0.15, 0.2) is 5.13 Å². The highest BCUT2D eigenvalue weighted by Gasteiger charge is 2.62. The summed E-state index contributed by atoms with van der Waals surface area (Å²) in [5.41, 5.74) is -0.576. The zero-order chi connectivity index (χ0) is 33.6. The molecule has 1 saturated heterocycles. The third-order valence-electron chi connectivity index (χ3n) is 8.91. The van der Waals surface area contributed by atoms with E-state index in [0.29, 0.717) is 48.1 Å². The van der Waals surface area contributed by atoms with Crippen molar-refractivity contribution in [2.75, 3.05) is 26.1 Å². The van der Waals surface area contributed by atoms with Gasteiger partial charge in [0, 0.05) is 27.7 Å². The van der Waals surface area contributed by atoms with Crippen molar-refractivity contribution in [2.45, 2.75) is 76.3 Å². The number of likely N-dealkylation sites (tertiary alicyclic amines) is 1. The Labute approximate surface area is 278 Å². The van der Waals surface area contributed by atoms with Gasteiger partial charge in [0.1, 0.15) is 29.1 Å². The molecule has 1 unspecified atom stereocenters. The summed E-state index contributed by atoms with van der Waals surface area (Å²) >= 11 is 1.35. The molecule has 5 atom stereocenters. The van der Waals surface area contributed by atoms with Crippen molar-refractivity contribution in [3.8, 4) is 22.8 Å². The molecule has 1 aliphatic heterocycles. The number of amides is 3. The minimum absolute atomic E-state index is 0. The quantitative estimate of drug-likeness (QED) is 0.279. The number of benzene rings is 1. The van der Waals surface area contributed by atoms with Gasteiger partial charge in [-0.1, -0.05) is 33.8 Å². The van der Waals surface area contributed by atoms with Gasteiger partial charge >= 0.3 is 0 Å². The number of carbonyl (C=O) groups excluding carboxylic acids is 3. The molecule has 2 saturated carbocycles. The molecule has 2 aliphatic carbocycles. The largest absolute Gasteiger partial charge is 0.497 e. The topological polar surface area (TPSA) is 156 Å². The summed E-state index contributed by atoms with van der Waals surface area (Å²) < 4.78 is 38.1. The van der Waals surface area contributed by atoms with E-state index in [4.69, 9.17) is 14.5 Å². The average Bonchev–Trinajstić information content (AvgIpc) is 3.90. The predicted molar refractivity (Wildman–Crippen MR) is 182 cm³/mol. The molecule has 5 rings (SSSR count). The lowest BCUT2D eigenvalue weighted by molar-refractivity contribution is -0.141. The molecular formula is C32H49N5O7S2. The normalized spacial score (nSPS) is 24.9. The molecule has 14 heteroatoms. The van der Waals surface area contributed by atoms with Crippen LogP contribution in [0.15, 0.2) is 36.2 Å². The summed E-state index contributed by atoms with van der Waals surface area (Å²) in [6, 6.07) is 3.88. The Bertz CT molecular complexity index is 1650. The number of thiazole rings is 1. The molecule has 256 valence electrons. The zero-order valence-corrected chi connectivity index (χ0v) is 28.7. The SMILES string of the molecule is C=C[C@@H]1C[C@]1(NC(=O)[C@@H]1CC(C)CN1C(=O)[C@@H](Nc1nc(-c2cc(OC)ccc2OC)cs1)C(C)(C)C)C(=O)NS(=O)(=O)C1CC1.[HH].[HH].[HH]. The standard InChI is InChI=1S/C32H43N5O7S2.3H2/c1-8-19-15-32(19,29(40)36-46(41,42)21-10-11-21)35-27(38)24-13-18(2)16-37(24)28(39)26(31(3,4)5)34-30-33-23(17-45-30)22-14-20(43-6)9-12-25(22)44-7;;;/h8-9,12,14,17-19,21,24,26H,1,10-11,13,15-16H2,2-7H3,(H,33,34)(H,35,38)(H,36,40);3*1H/t18?,19-,24+,26-,32-;;;/m1.../s1. The number of rotatable bonds is 12. The number of sulfonamides is 1. The minimum Gasteiger partial charge on any atom is -0.497 e. The number of nitrogens with zero attached hydrogens (tertiary/aromatic N) is 2. The summed E-state index contributed by atoms with van der Waals surface area (Å²) in [4.78, 5) is 47.7. The Balaban J connectivity index is 0.00000278. The molecular weight excluding hydrogens is 631 g/mol. The smallest absolute Gasteiger partial charge is 0.259 e. The first-order valence-corrected chi connectivity index (χ1v) is 17.8. The van der Waals surface area contributed by atoms with Crippen molar-refractivity contribution in [3.05, 3.63) is 36.2 Å². The van der Waals surface area contributed by atoms with Crippen LogP contribution in [0.1, 0.15) is 57.7 Å². The van der Waals surface area contributed by atoms with Crippen LogP contribution < -0.4 is 24.8 Å². The van der Waals surface area contributed by atoms with Gasteiger partial charge in [-0.3, -0.25) is 19.1 Å². The van der Waals surface area contributed by atoms with E-state index in [1.54, 1.807) is 37.3 Å². The van der Waals surface area contributed by atoms with Crippen LogP contribution in [0.2, 0.25) is 0 Å². The van der Waals surface area contributed by atoms with Gasteiger partial charge < -0.3 is 25.0 Å². The fourth-order valence-electron chi connectivity index (χ4n) is 5.97. The van der Waals surface area contributed by atoms with Crippen molar-refractivity contribution in [1.82, 2.24) is 19.9 Å². The van der Waals surface area contributed by atoms with Crippen LogP contribution in [0.3, 0.4) is 0 Å². The van der Waals surface area contributed by atoms with Gasteiger partial charge in [-0.2, -0.15) is 0 Å². The molecule has 2 aromatic rings. The summed E-state index contributed by atoms with van der Waals surface area (Å²) in [6.07, 6.45) is 3.20. The maximum atomic E-state index is 14.3. The Morgan fingerprint density at radius 1 is 1.22 bits per heavy atom. The van der Waals surface area contributed by atoms with Crippen LogP contribution in [0, 0.1) is 17.3 Å². The summed E-state index contributed by atoms with van der Waals surface area (Å²) in [5.74, 6) is -0.617. The van der Waals surface area contributed by atoms with Crippen LogP contribution in [0.5, 0.6) is 11.5 Å². The van der Waals surface area contributed by atoms with Gasteiger partial charge in [-0.05, 0) is 55.2 Å². The van der Waals surface area contributed by atoms with Crippen LogP contribution in [-0.2, 0) is 24.4 Å². The Morgan fingerprint density at radius 3 is 2.52 bits per heavy atom. The van der Waals surface area contributed by atoms with Crippen LogP contribution in [-0.4, -0.2) is 79.7 Å². The number of anilines is 1. The molecule has 0 bridgehead atoms. The van der Waals surface area contributed by atoms with Crippen LogP contribution in [0.4, 0.5) is 5.13 Å². The molecule has 3 N–H and O–H groups in total. The van der Waals surface area contributed by atoms with Crippen LogP contribution >= 0.6 is 11.3 Å². The first kappa shape index (κ1) is 33.7. The van der Waals surface area contributed by atoms with E-state index in [0.717, 1.165) is 5.56 Å². The van der Waals surface area contributed by atoms with E-state index < -0.39 is 56.0 Å². The van der Waals surface area contributed by atoms with Crippen LogP contribution in [0.25, 0.3) is 11.3 Å². The van der Waals surface area contributed by atoms with Crippen molar-refractivity contribution in [1.29, 1.82) is 0 Å². The lowest BCUT2D eigenvalue weighted by Crippen LogP contribution is -2.58. The van der Waals surface area contributed by atoms with Crippen molar-refractivity contribution >= 4 is 44.2 Å². The second-order valence-electron chi connectivity index (χ2n) is 13.6. The predicted octanol–water partition coefficient (Wildman–Crippen LogP) is 4.30. The van der Waals surface area contributed by atoms with E-state index in [1.165, 1.54) is 11.3 Å². The molecule has 3 amide bonds. The third-order valence-corrected chi connectivity index (χ3v) is 11.5. The fraction of sp³-hybridized carbons (Fsp3) is 0.562. The van der Waals surface area contributed by atoms with Gasteiger partial charge in [-0.25, -0.2) is 13.4 Å². The molecule has 12 nitrogen and oxygen atoms in total. The number of hydrogen-bond donors (Lipinski definition) is 3. The molecule has 0 spiro atoms. The maximum Gasteiger partial charge on any atom is 0.259 e. The second kappa shape index (κ2) is 12.5. The Morgan fingerprint density at radius 2 is 1.93 bits per heavy atom. The molecule has 3 aliphatic rings. The molecule has 46 heavy (non-hydrogen) atoms.